The summed E-state index contributed by atoms with van der Waals surface area (Å²) in [7, 11) is 0. The maximum absolute atomic E-state index is 12.4. The number of hydrogen-bond acceptors (Lipinski definition) is 4. The van der Waals surface area contributed by atoms with Crippen LogP contribution < -0.4 is 10.5 Å². The van der Waals surface area contributed by atoms with E-state index in [0.29, 0.717) is 12.0 Å². The van der Waals surface area contributed by atoms with E-state index >= 15 is 0 Å². The Morgan fingerprint density at radius 3 is 2.65 bits per heavy atom. The van der Waals surface area contributed by atoms with Crippen LogP contribution in [-0.2, 0) is 11.3 Å². The third kappa shape index (κ3) is 4.21. The third-order valence-corrected chi connectivity index (χ3v) is 6.14. The molecule has 0 spiro atoms. The third-order valence-electron chi connectivity index (χ3n) is 6.14. The molecule has 0 aromatic heterocycles. The molecular formula is C21H31N3O2. The smallest absolute Gasteiger partial charge is 0.260 e. The van der Waals surface area contributed by atoms with E-state index < -0.39 is 0 Å². The quantitative estimate of drug-likeness (QED) is 0.848. The molecule has 142 valence electrons. The van der Waals surface area contributed by atoms with Gasteiger partial charge in [-0.15, -0.1) is 0 Å². The number of para-hydroxylation sites is 1. The zero-order valence-corrected chi connectivity index (χ0v) is 15.6. The number of rotatable bonds is 6. The second-order valence-electron chi connectivity index (χ2n) is 8.20. The van der Waals surface area contributed by atoms with E-state index in [0.717, 1.165) is 62.8 Å². The van der Waals surface area contributed by atoms with Crippen molar-refractivity contribution >= 4 is 5.91 Å². The molecule has 1 aromatic carbocycles. The van der Waals surface area contributed by atoms with Crippen LogP contribution in [-0.4, -0.2) is 54.5 Å². The summed E-state index contributed by atoms with van der Waals surface area (Å²) in [5.74, 6) is 2.45. The Kier molecular flexibility index (Phi) is 5.46. The summed E-state index contributed by atoms with van der Waals surface area (Å²) in [6, 6.07) is 8.41. The predicted molar refractivity (Wildman–Crippen MR) is 102 cm³/mol. The minimum atomic E-state index is 0.108. The van der Waals surface area contributed by atoms with Crippen LogP contribution in [0.1, 0.15) is 37.7 Å². The first-order valence-electron chi connectivity index (χ1n) is 10.2. The summed E-state index contributed by atoms with van der Waals surface area (Å²) in [5.41, 5.74) is 7.52. The fourth-order valence-electron chi connectivity index (χ4n) is 4.48. The monoisotopic (exact) mass is 357 g/mol. The maximum atomic E-state index is 12.4. The van der Waals surface area contributed by atoms with E-state index in [4.69, 9.17) is 10.5 Å². The van der Waals surface area contributed by atoms with Crippen LogP contribution in [0.3, 0.4) is 0 Å². The van der Waals surface area contributed by atoms with Gasteiger partial charge in [0.1, 0.15) is 5.75 Å². The number of likely N-dealkylation sites (tertiary alicyclic amines) is 2. The summed E-state index contributed by atoms with van der Waals surface area (Å²) in [5, 5.41) is 0. The molecule has 2 saturated heterocycles. The lowest BCUT2D eigenvalue weighted by molar-refractivity contribution is -0.134. The number of nitrogens with zero attached hydrogens (tertiary/aromatic N) is 2. The molecule has 26 heavy (non-hydrogen) atoms. The SMILES string of the molecule is N[C@H]1CN(Cc2ccccc2OCC(=O)N2CCCCC2)C[C@@H]1C1CC1. The van der Waals surface area contributed by atoms with E-state index in [-0.39, 0.29) is 12.5 Å². The van der Waals surface area contributed by atoms with Gasteiger partial charge in [-0.05, 0) is 50.0 Å². The summed E-state index contributed by atoms with van der Waals surface area (Å²) in [6.07, 6.45) is 6.15. The van der Waals surface area contributed by atoms with Gasteiger partial charge in [0, 0.05) is 44.3 Å². The first-order valence-corrected chi connectivity index (χ1v) is 10.2. The highest BCUT2D eigenvalue weighted by atomic mass is 16.5. The highest BCUT2D eigenvalue weighted by Crippen LogP contribution is 2.41. The van der Waals surface area contributed by atoms with Crippen molar-refractivity contribution in [2.24, 2.45) is 17.6 Å². The predicted octanol–water partition coefficient (Wildman–Crippen LogP) is 2.25. The second kappa shape index (κ2) is 7.97. The Morgan fingerprint density at radius 1 is 1.12 bits per heavy atom. The number of amides is 1. The van der Waals surface area contributed by atoms with Crippen molar-refractivity contribution in [3.05, 3.63) is 29.8 Å². The van der Waals surface area contributed by atoms with Crippen molar-refractivity contribution in [3.8, 4) is 5.75 Å². The van der Waals surface area contributed by atoms with Crippen molar-refractivity contribution in [1.82, 2.24) is 9.80 Å². The standard InChI is InChI=1S/C21H31N3O2/c22-19-14-23(13-18(19)16-8-9-16)12-17-6-2-3-7-20(17)26-15-21(25)24-10-4-1-5-11-24/h2-3,6-7,16,18-19H,1,4-5,8-15,22H2/t18-,19+/m1/s1. The highest BCUT2D eigenvalue weighted by molar-refractivity contribution is 5.77. The minimum Gasteiger partial charge on any atom is -0.483 e. The lowest BCUT2D eigenvalue weighted by atomic mass is 9.99. The van der Waals surface area contributed by atoms with Crippen molar-refractivity contribution in [2.45, 2.75) is 44.7 Å². The molecule has 3 aliphatic rings. The fourth-order valence-corrected chi connectivity index (χ4v) is 4.48. The van der Waals surface area contributed by atoms with Crippen molar-refractivity contribution < 1.29 is 9.53 Å². The van der Waals surface area contributed by atoms with Crippen LogP contribution in [0.25, 0.3) is 0 Å². The average molecular weight is 357 g/mol. The molecule has 2 aliphatic heterocycles. The average Bonchev–Trinajstić information content (AvgIpc) is 3.45. The lowest BCUT2D eigenvalue weighted by Crippen LogP contribution is -2.38. The molecule has 2 atom stereocenters. The maximum Gasteiger partial charge on any atom is 0.260 e. The van der Waals surface area contributed by atoms with Crippen LogP contribution >= 0.6 is 0 Å². The van der Waals surface area contributed by atoms with E-state index in [1.807, 2.05) is 23.1 Å². The van der Waals surface area contributed by atoms with E-state index in [2.05, 4.69) is 11.0 Å². The van der Waals surface area contributed by atoms with Gasteiger partial charge in [0.15, 0.2) is 6.61 Å². The Balaban J connectivity index is 1.33. The van der Waals surface area contributed by atoms with Gasteiger partial charge in [-0.2, -0.15) is 0 Å². The van der Waals surface area contributed by atoms with E-state index in [9.17, 15) is 4.79 Å². The molecule has 1 aromatic rings. The van der Waals surface area contributed by atoms with Crippen molar-refractivity contribution in [3.63, 3.8) is 0 Å². The second-order valence-corrected chi connectivity index (χ2v) is 8.20. The Labute approximate surface area is 156 Å². The summed E-state index contributed by atoms with van der Waals surface area (Å²) in [4.78, 5) is 16.8. The van der Waals surface area contributed by atoms with Gasteiger partial charge in [-0.1, -0.05) is 18.2 Å². The molecule has 0 radical (unpaired) electrons. The first-order chi connectivity index (χ1) is 12.7. The van der Waals surface area contributed by atoms with E-state index in [1.54, 1.807) is 0 Å². The topological polar surface area (TPSA) is 58.8 Å². The molecule has 5 heteroatoms. The number of nitrogens with two attached hydrogens (primary N) is 1. The largest absolute Gasteiger partial charge is 0.483 e. The summed E-state index contributed by atoms with van der Waals surface area (Å²) < 4.78 is 5.93. The van der Waals surface area contributed by atoms with Gasteiger partial charge in [0.2, 0.25) is 0 Å². The number of piperidine rings is 1. The van der Waals surface area contributed by atoms with Gasteiger partial charge in [0.05, 0.1) is 0 Å². The Hall–Kier alpha value is -1.59. The van der Waals surface area contributed by atoms with Gasteiger partial charge in [-0.25, -0.2) is 0 Å². The van der Waals surface area contributed by atoms with Gasteiger partial charge < -0.3 is 15.4 Å². The number of benzene rings is 1. The van der Waals surface area contributed by atoms with Crippen LogP contribution in [0.15, 0.2) is 24.3 Å². The normalized spacial score (nSPS) is 26.9. The molecule has 1 amide bonds. The van der Waals surface area contributed by atoms with Crippen LogP contribution in [0.2, 0.25) is 0 Å². The fraction of sp³-hybridized carbons (Fsp3) is 0.667. The van der Waals surface area contributed by atoms with E-state index in [1.165, 1.54) is 19.3 Å². The highest BCUT2D eigenvalue weighted by Gasteiger charge is 2.40. The van der Waals surface area contributed by atoms with Crippen molar-refractivity contribution in [1.29, 1.82) is 0 Å². The van der Waals surface area contributed by atoms with Crippen LogP contribution in [0.4, 0.5) is 0 Å². The molecule has 3 fully saturated rings. The Bertz CT molecular complexity index is 625. The summed E-state index contributed by atoms with van der Waals surface area (Å²) >= 11 is 0. The molecule has 0 bridgehead atoms. The first kappa shape index (κ1) is 17.8. The van der Waals surface area contributed by atoms with Crippen LogP contribution in [0.5, 0.6) is 5.75 Å². The zero-order chi connectivity index (χ0) is 17.9. The molecule has 4 rings (SSSR count). The molecule has 2 heterocycles. The number of carbonyl (C=O) groups is 1. The molecule has 0 unspecified atom stereocenters. The zero-order valence-electron chi connectivity index (χ0n) is 15.6. The number of carbonyl (C=O) groups excluding carboxylic acids is 1. The number of ether oxygens (including phenoxy) is 1. The van der Waals surface area contributed by atoms with Crippen LogP contribution in [0, 0.1) is 11.8 Å². The molecule has 5 nitrogen and oxygen atoms in total. The van der Waals surface area contributed by atoms with Gasteiger partial charge in [-0.3, -0.25) is 9.69 Å². The molecular weight excluding hydrogens is 326 g/mol. The van der Waals surface area contributed by atoms with Crippen molar-refractivity contribution in [2.75, 3.05) is 32.8 Å². The van der Waals surface area contributed by atoms with Gasteiger partial charge >= 0.3 is 0 Å². The molecule has 1 saturated carbocycles. The lowest BCUT2D eigenvalue weighted by Gasteiger charge is -2.27. The molecule has 2 N–H and O–H groups in total. The summed E-state index contributed by atoms with van der Waals surface area (Å²) in [6.45, 7) is 4.79. The molecule has 1 aliphatic carbocycles. The van der Waals surface area contributed by atoms with Gasteiger partial charge in [0.25, 0.3) is 5.91 Å². The minimum absolute atomic E-state index is 0.108. The Morgan fingerprint density at radius 2 is 1.88 bits per heavy atom. The number of hydrogen-bond donors (Lipinski definition) is 1.